The third-order valence-corrected chi connectivity index (χ3v) is 2.66. The van der Waals surface area contributed by atoms with E-state index < -0.39 is 9.85 Å². The molecular formula is C8H9N3O4S. The summed E-state index contributed by atoms with van der Waals surface area (Å²) in [6, 6.07) is 2.62. The van der Waals surface area contributed by atoms with E-state index in [9.17, 15) is 20.2 Å². The second-order valence-electron chi connectivity index (χ2n) is 2.80. The second-order valence-corrected chi connectivity index (χ2v) is 3.68. The van der Waals surface area contributed by atoms with E-state index in [0.717, 1.165) is 0 Å². The Hall–Kier alpha value is -1.83. The minimum Gasteiger partial charge on any atom is -0.377 e. The number of anilines is 1. The predicted molar refractivity (Wildman–Crippen MR) is 61.1 cm³/mol. The van der Waals surface area contributed by atoms with Gasteiger partial charge in [-0.15, -0.1) is 11.8 Å². The lowest BCUT2D eigenvalue weighted by molar-refractivity contribution is -0.392. The molecule has 1 rings (SSSR count). The van der Waals surface area contributed by atoms with Crippen molar-refractivity contribution in [3.05, 3.63) is 32.4 Å². The molecule has 0 amide bonds. The quantitative estimate of drug-likeness (QED) is 0.494. The number of rotatable bonds is 4. The topological polar surface area (TPSA) is 98.3 Å². The monoisotopic (exact) mass is 243 g/mol. The number of nitrogens with zero attached hydrogens (tertiary/aromatic N) is 2. The van der Waals surface area contributed by atoms with Gasteiger partial charge in [-0.2, -0.15) is 0 Å². The SMILES string of the molecule is CNc1c([N+](=O)[O-])cc(SC)cc1[N+](=O)[O-]. The average Bonchev–Trinajstić information content (AvgIpc) is 2.26. The standard InChI is InChI=1S/C8H9N3O4S/c1-9-8-6(10(12)13)3-5(16-2)4-7(8)11(14)15/h3-4,9H,1-2H3. The summed E-state index contributed by atoms with van der Waals surface area (Å²) in [5.41, 5.74) is -0.657. The van der Waals surface area contributed by atoms with Crippen molar-refractivity contribution in [3.8, 4) is 0 Å². The molecule has 1 N–H and O–H groups in total. The molecule has 0 spiro atoms. The Morgan fingerprint density at radius 3 is 1.88 bits per heavy atom. The molecule has 0 unspecified atom stereocenters. The van der Waals surface area contributed by atoms with Crippen molar-refractivity contribution in [1.29, 1.82) is 0 Å². The number of hydrogen-bond acceptors (Lipinski definition) is 6. The maximum absolute atomic E-state index is 10.8. The van der Waals surface area contributed by atoms with E-state index in [0.29, 0.717) is 4.90 Å². The van der Waals surface area contributed by atoms with Gasteiger partial charge in [-0.1, -0.05) is 0 Å². The highest BCUT2D eigenvalue weighted by atomic mass is 32.2. The van der Waals surface area contributed by atoms with E-state index in [2.05, 4.69) is 5.32 Å². The van der Waals surface area contributed by atoms with Crippen molar-refractivity contribution < 1.29 is 9.85 Å². The van der Waals surface area contributed by atoms with Crippen LogP contribution in [-0.2, 0) is 0 Å². The van der Waals surface area contributed by atoms with Crippen molar-refractivity contribution in [2.45, 2.75) is 4.90 Å². The van der Waals surface area contributed by atoms with Crippen LogP contribution < -0.4 is 5.32 Å². The molecule has 86 valence electrons. The van der Waals surface area contributed by atoms with Gasteiger partial charge in [-0.05, 0) is 6.26 Å². The van der Waals surface area contributed by atoms with Gasteiger partial charge >= 0.3 is 11.4 Å². The van der Waals surface area contributed by atoms with E-state index in [1.165, 1.54) is 30.9 Å². The molecule has 0 aliphatic carbocycles. The second kappa shape index (κ2) is 4.79. The van der Waals surface area contributed by atoms with Gasteiger partial charge in [0.15, 0.2) is 5.69 Å². The highest BCUT2D eigenvalue weighted by Gasteiger charge is 2.25. The zero-order valence-electron chi connectivity index (χ0n) is 8.59. The number of nitro groups is 2. The van der Waals surface area contributed by atoms with Crippen LogP contribution in [0.4, 0.5) is 17.1 Å². The summed E-state index contributed by atoms with van der Waals surface area (Å²) in [6.07, 6.45) is 1.70. The largest absolute Gasteiger partial charge is 0.377 e. The van der Waals surface area contributed by atoms with Crippen LogP contribution in [0.15, 0.2) is 17.0 Å². The van der Waals surface area contributed by atoms with Crippen molar-refractivity contribution in [2.75, 3.05) is 18.6 Å². The van der Waals surface area contributed by atoms with Gasteiger partial charge in [-0.3, -0.25) is 20.2 Å². The van der Waals surface area contributed by atoms with Gasteiger partial charge in [0.05, 0.1) is 9.85 Å². The van der Waals surface area contributed by atoms with Crippen molar-refractivity contribution in [1.82, 2.24) is 0 Å². The first-order valence-corrected chi connectivity index (χ1v) is 5.42. The lowest BCUT2D eigenvalue weighted by Gasteiger charge is -2.05. The molecule has 8 heteroatoms. The Kier molecular flexibility index (Phi) is 3.67. The molecule has 0 atom stereocenters. The highest BCUT2D eigenvalue weighted by molar-refractivity contribution is 7.98. The molecular weight excluding hydrogens is 234 g/mol. The van der Waals surface area contributed by atoms with Crippen molar-refractivity contribution in [2.24, 2.45) is 0 Å². The molecule has 0 fully saturated rings. The zero-order valence-corrected chi connectivity index (χ0v) is 9.41. The first-order chi connectivity index (χ1) is 7.51. The van der Waals surface area contributed by atoms with Gasteiger partial charge in [0.2, 0.25) is 0 Å². The Balaban J connectivity index is 3.52. The fourth-order valence-corrected chi connectivity index (χ4v) is 1.71. The Bertz CT molecular complexity index is 414. The number of benzene rings is 1. The van der Waals surface area contributed by atoms with Gasteiger partial charge in [0.25, 0.3) is 0 Å². The molecule has 0 aliphatic rings. The van der Waals surface area contributed by atoms with Crippen LogP contribution in [0.2, 0.25) is 0 Å². The van der Waals surface area contributed by atoms with Gasteiger partial charge in [0.1, 0.15) is 0 Å². The first-order valence-electron chi connectivity index (χ1n) is 4.19. The zero-order chi connectivity index (χ0) is 12.3. The molecule has 7 nitrogen and oxygen atoms in total. The Labute approximate surface area is 95.1 Å². The summed E-state index contributed by atoms with van der Waals surface area (Å²) < 4.78 is 0. The molecule has 0 bridgehead atoms. The van der Waals surface area contributed by atoms with Crippen LogP contribution in [0, 0.1) is 20.2 Å². The molecule has 0 heterocycles. The van der Waals surface area contributed by atoms with Gasteiger partial charge < -0.3 is 5.32 Å². The molecule has 1 aromatic carbocycles. The van der Waals surface area contributed by atoms with Crippen LogP contribution in [0.25, 0.3) is 0 Å². The first kappa shape index (κ1) is 12.2. The molecule has 0 radical (unpaired) electrons. The van der Waals surface area contributed by atoms with Crippen LogP contribution in [0.5, 0.6) is 0 Å². The molecule has 0 aliphatic heterocycles. The molecule has 16 heavy (non-hydrogen) atoms. The number of thioether (sulfide) groups is 1. The number of hydrogen-bond donors (Lipinski definition) is 1. The van der Waals surface area contributed by atoms with E-state index in [1.54, 1.807) is 6.26 Å². The molecule has 1 aromatic rings. The van der Waals surface area contributed by atoms with Crippen LogP contribution in [0.1, 0.15) is 0 Å². The minimum atomic E-state index is -0.640. The fourth-order valence-electron chi connectivity index (χ4n) is 1.25. The summed E-state index contributed by atoms with van der Waals surface area (Å²) >= 11 is 1.21. The smallest absolute Gasteiger partial charge is 0.300 e. The predicted octanol–water partition coefficient (Wildman–Crippen LogP) is 2.27. The lowest BCUT2D eigenvalue weighted by Crippen LogP contribution is -2.01. The van der Waals surface area contributed by atoms with E-state index in [1.807, 2.05) is 0 Å². The summed E-state index contributed by atoms with van der Waals surface area (Å²) in [5, 5.41) is 24.0. The highest BCUT2D eigenvalue weighted by Crippen LogP contribution is 2.37. The maximum Gasteiger partial charge on any atom is 0.300 e. The normalized spacial score (nSPS) is 9.88. The van der Waals surface area contributed by atoms with Crippen LogP contribution in [-0.4, -0.2) is 23.2 Å². The van der Waals surface area contributed by atoms with Crippen LogP contribution >= 0.6 is 11.8 Å². The Morgan fingerprint density at radius 1 is 1.19 bits per heavy atom. The maximum atomic E-state index is 10.8. The molecule has 0 aromatic heterocycles. The van der Waals surface area contributed by atoms with E-state index in [-0.39, 0.29) is 17.1 Å². The van der Waals surface area contributed by atoms with Crippen LogP contribution in [0.3, 0.4) is 0 Å². The molecule has 0 saturated heterocycles. The summed E-state index contributed by atoms with van der Waals surface area (Å²) in [4.78, 5) is 20.7. The number of nitrogens with one attached hydrogen (secondary N) is 1. The van der Waals surface area contributed by atoms with Crippen molar-refractivity contribution >= 4 is 28.8 Å². The Morgan fingerprint density at radius 2 is 1.62 bits per heavy atom. The van der Waals surface area contributed by atoms with Gasteiger partial charge in [-0.25, -0.2) is 0 Å². The van der Waals surface area contributed by atoms with E-state index >= 15 is 0 Å². The third-order valence-electron chi connectivity index (χ3n) is 1.95. The summed E-state index contributed by atoms with van der Waals surface area (Å²) in [7, 11) is 1.41. The van der Waals surface area contributed by atoms with E-state index in [4.69, 9.17) is 0 Å². The molecule has 0 saturated carbocycles. The third kappa shape index (κ3) is 2.22. The minimum absolute atomic E-state index is 0.0761. The summed E-state index contributed by atoms with van der Waals surface area (Å²) in [5.74, 6) is 0. The number of nitro benzene ring substituents is 2. The van der Waals surface area contributed by atoms with Gasteiger partial charge in [0, 0.05) is 24.1 Å². The fraction of sp³-hybridized carbons (Fsp3) is 0.250. The lowest BCUT2D eigenvalue weighted by atomic mass is 10.2. The average molecular weight is 243 g/mol. The van der Waals surface area contributed by atoms with Crippen molar-refractivity contribution in [3.63, 3.8) is 0 Å². The summed E-state index contributed by atoms with van der Waals surface area (Å²) in [6.45, 7) is 0.